The molecule has 100 valence electrons. The molecule has 0 unspecified atom stereocenters. The third-order valence-corrected chi connectivity index (χ3v) is 3.59. The number of piperidine rings is 1. The zero-order valence-corrected chi connectivity index (χ0v) is 13.0. The van der Waals surface area contributed by atoms with Gasteiger partial charge in [0.2, 0.25) is 0 Å². The molecule has 0 radical (unpaired) electrons. The third-order valence-electron chi connectivity index (χ3n) is 3.28. The summed E-state index contributed by atoms with van der Waals surface area (Å²) in [5.41, 5.74) is 0. The van der Waals surface area contributed by atoms with E-state index >= 15 is 0 Å². The molecular formula is C13H22Cl3N. The number of likely N-dealkylation sites (tertiary alicyclic amines) is 1. The van der Waals surface area contributed by atoms with E-state index in [1.54, 1.807) is 0 Å². The number of halogens is 3. The van der Waals surface area contributed by atoms with Crippen molar-refractivity contribution in [3.8, 4) is 0 Å². The zero-order valence-electron chi connectivity index (χ0n) is 10.7. The van der Waals surface area contributed by atoms with Gasteiger partial charge in [0.1, 0.15) is 0 Å². The Labute approximate surface area is 121 Å². The van der Waals surface area contributed by atoms with Crippen LogP contribution in [-0.2, 0) is 0 Å². The van der Waals surface area contributed by atoms with E-state index in [0.717, 1.165) is 27.6 Å². The fraction of sp³-hybridized carbons (Fsp3) is 0.692. The van der Waals surface area contributed by atoms with Crippen LogP contribution in [0.25, 0.3) is 0 Å². The number of rotatable bonds is 4. The molecule has 0 bridgehead atoms. The summed E-state index contributed by atoms with van der Waals surface area (Å²) >= 11 is 11.9. The van der Waals surface area contributed by atoms with Gasteiger partial charge in [-0.2, -0.15) is 0 Å². The van der Waals surface area contributed by atoms with Gasteiger partial charge < -0.3 is 16.9 Å². The number of hydrogen-bond donors (Lipinski definition) is 0. The number of hydrogen-bond acceptors (Lipinski definition) is 0. The molecule has 1 nitrogen and oxygen atoms in total. The van der Waals surface area contributed by atoms with E-state index < -0.39 is 0 Å². The Bertz CT molecular complexity index is 248. The molecule has 0 aromatic rings. The Kier molecular flexibility index (Phi) is 8.57. The second kappa shape index (κ2) is 8.42. The van der Waals surface area contributed by atoms with Gasteiger partial charge >= 0.3 is 0 Å². The SMILES string of the molecule is C/C(Cl)=C\C[N+]1(C/C=C(\C)Cl)CCCCC1.[Cl-]. The second-order valence-electron chi connectivity index (χ2n) is 4.80. The predicted molar refractivity (Wildman–Crippen MR) is 72.8 cm³/mol. The van der Waals surface area contributed by atoms with Crippen molar-refractivity contribution in [2.45, 2.75) is 33.1 Å². The lowest BCUT2D eigenvalue weighted by atomic mass is 10.1. The molecule has 1 saturated heterocycles. The Morgan fingerprint density at radius 1 is 0.941 bits per heavy atom. The van der Waals surface area contributed by atoms with Crippen LogP contribution in [0.3, 0.4) is 0 Å². The maximum absolute atomic E-state index is 5.93. The normalized spacial score (nSPS) is 20.9. The molecule has 1 rings (SSSR count). The molecule has 17 heavy (non-hydrogen) atoms. The molecule has 1 aliphatic rings. The summed E-state index contributed by atoms with van der Waals surface area (Å²) in [6, 6.07) is 0. The molecule has 0 aromatic heterocycles. The first-order valence-electron chi connectivity index (χ1n) is 6.04. The zero-order chi connectivity index (χ0) is 12.0. The van der Waals surface area contributed by atoms with Gasteiger partial charge in [0.25, 0.3) is 0 Å². The van der Waals surface area contributed by atoms with Crippen LogP contribution in [0.4, 0.5) is 0 Å². The van der Waals surface area contributed by atoms with Gasteiger partial charge in [-0.1, -0.05) is 23.2 Å². The quantitative estimate of drug-likeness (QED) is 0.686. The number of nitrogens with zero attached hydrogens (tertiary/aromatic N) is 1. The van der Waals surface area contributed by atoms with E-state index in [4.69, 9.17) is 23.2 Å². The fourth-order valence-electron chi connectivity index (χ4n) is 2.26. The van der Waals surface area contributed by atoms with Gasteiger partial charge in [0.15, 0.2) is 0 Å². The maximum atomic E-state index is 5.93. The summed E-state index contributed by atoms with van der Waals surface area (Å²) in [6.07, 6.45) is 8.30. The summed E-state index contributed by atoms with van der Waals surface area (Å²) in [4.78, 5) is 0. The molecule has 1 heterocycles. The molecular weight excluding hydrogens is 277 g/mol. The Balaban J connectivity index is 0.00000256. The summed E-state index contributed by atoms with van der Waals surface area (Å²) in [5.74, 6) is 0. The number of quaternary nitrogens is 1. The molecule has 0 aromatic carbocycles. The van der Waals surface area contributed by atoms with Crippen LogP contribution in [-0.4, -0.2) is 30.7 Å². The highest BCUT2D eigenvalue weighted by Crippen LogP contribution is 2.20. The van der Waals surface area contributed by atoms with E-state index in [9.17, 15) is 0 Å². The van der Waals surface area contributed by atoms with Crippen LogP contribution in [0.1, 0.15) is 33.1 Å². The average Bonchev–Trinajstić information content (AvgIpc) is 2.25. The molecule has 1 aliphatic heterocycles. The smallest absolute Gasteiger partial charge is 0.0990 e. The van der Waals surface area contributed by atoms with Crippen molar-refractivity contribution in [3.63, 3.8) is 0 Å². The van der Waals surface area contributed by atoms with Crippen LogP contribution in [0.15, 0.2) is 22.2 Å². The summed E-state index contributed by atoms with van der Waals surface area (Å²) in [6.45, 7) is 8.48. The Morgan fingerprint density at radius 3 is 1.71 bits per heavy atom. The van der Waals surface area contributed by atoms with Crippen molar-refractivity contribution in [2.75, 3.05) is 26.2 Å². The van der Waals surface area contributed by atoms with Crippen LogP contribution in [0.5, 0.6) is 0 Å². The van der Waals surface area contributed by atoms with E-state index in [2.05, 4.69) is 12.2 Å². The van der Waals surface area contributed by atoms with Gasteiger partial charge in [0, 0.05) is 10.1 Å². The van der Waals surface area contributed by atoms with Crippen molar-refractivity contribution in [1.29, 1.82) is 0 Å². The highest BCUT2D eigenvalue weighted by atomic mass is 35.5. The largest absolute Gasteiger partial charge is 1.00 e. The lowest BCUT2D eigenvalue weighted by molar-refractivity contribution is -0.921. The summed E-state index contributed by atoms with van der Waals surface area (Å²) < 4.78 is 1.12. The Hall–Kier alpha value is 0.310. The molecule has 1 fully saturated rings. The highest BCUT2D eigenvalue weighted by molar-refractivity contribution is 6.29. The van der Waals surface area contributed by atoms with Gasteiger partial charge in [-0.15, -0.1) is 0 Å². The first kappa shape index (κ1) is 17.3. The van der Waals surface area contributed by atoms with E-state index in [0.29, 0.717) is 0 Å². The predicted octanol–water partition coefficient (Wildman–Crippen LogP) is 1.28. The molecule has 0 atom stereocenters. The van der Waals surface area contributed by atoms with Crippen LogP contribution >= 0.6 is 23.2 Å². The van der Waals surface area contributed by atoms with Crippen molar-refractivity contribution in [1.82, 2.24) is 0 Å². The molecule has 0 spiro atoms. The maximum Gasteiger partial charge on any atom is 0.0990 e. The van der Waals surface area contributed by atoms with E-state index in [-0.39, 0.29) is 12.4 Å². The minimum atomic E-state index is 0. The lowest BCUT2D eigenvalue weighted by Crippen LogP contribution is -3.00. The number of allylic oxidation sites excluding steroid dienone is 2. The molecule has 0 aliphatic carbocycles. The third kappa shape index (κ3) is 6.71. The molecule has 0 saturated carbocycles. The fourth-order valence-corrected chi connectivity index (χ4v) is 2.40. The van der Waals surface area contributed by atoms with E-state index in [1.807, 2.05) is 13.8 Å². The molecule has 0 amide bonds. The first-order valence-corrected chi connectivity index (χ1v) is 6.79. The van der Waals surface area contributed by atoms with Gasteiger partial charge in [0.05, 0.1) is 26.2 Å². The standard InChI is InChI=1S/C13H22Cl2N.ClH/c1-12(14)6-10-16(11-7-13(2)15)8-4-3-5-9-16;/h6-7H,3-5,8-11H2,1-2H3;1H/q+1;/p-1/b12-6+,13-7+;. The van der Waals surface area contributed by atoms with Gasteiger partial charge in [-0.05, 0) is 45.3 Å². The monoisotopic (exact) mass is 297 g/mol. The van der Waals surface area contributed by atoms with Crippen LogP contribution in [0, 0.1) is 0 Å². The molecule has 0 N–H and O–H groups in total. The average molecular weight is 299 g/mol. The van der Waals surface area contributed by atoms with Crippen LogP contribution < -0.4 is 12.4 Å². The van der Waals surface area contributed by atoms with Crippen LogP contribution in [0.2, 0.25) is 0 Å². The highest BCUT2D eigenvalue weighted by Gasteiger charge is 2.27. The van der Waals surface area contributed by atoms with Crippen molar-refractivity contribution >= 4 is 23.2 Å². The van der Waals surface area contributed by atoms with Gasteiger partial charge in [-0.25, -0.2) is 0 Å². The van der Waals surface area contributed by atoms with Crippen molar-refractivity contribution in [2.24, 2.45) is 0 Å². The Morgan fingerprint density at radius 2 is 1.35 bits per heavy atom. The van der Waals surface area contributed by atoms with Gasteiger partial charge in [-0.3, -0.25) is 0 Å². The molecule has 4 heteroatoms. The second-order valence-corrected chi connectivity index (χ2v) is 5.99. The minimum Gasteiger partial charge on any atom is -1.00 e. The van der Waals surface area contributed by atoms with E-state index in [1.165, 1.54) is 32.4 Å². The first-order chi connectivity index (χ1) is 7.54. The minimum absolute atomic E-state index is 0. The topological polar surface area (TPSA) is 0 Å². The van der Waals surface area contributed by atoms with Crippen molar-refractivity contribution < 1.29 is 16.9 Å². The van der Waals surface area contributed by atoms with Crippen molar-refractivity contribution in [3.05, 3.63) is 22.2 Å². The summed E-state index contributed by atoms with van der Waals surface area (Å²) in [7, 11) is 0. The summed E-state index contributed by atoms with van der Waals surface area (Å²) in [5, 5.41) is 1.80. The lowest BCUT2D eigenvalue weighted by Gasteiger charge is -2.40.